The van der Waals surface area contributed by atoms with Crippen LogP contribution in [0.25, 0.3) is 0 Å². The molecular formula is C20H17ClN2O4S. The first-order valence-corrected chi connectivity index (χ1v) is 10.1. The molecule has 0 atom stereocenters. The van der Waals surface area contributed by atoms with Gasteiger partial charge in [-0.3, -0.25) is 0 Å². The fourth-order valence-electron chi connectivity index (χ4n) is 2.59. The van der Waals surface area contributed by atoms with Gasteiger partial charge in [-0.15, -0.1) is 0 Å². The summed E-state index contributed by atoms with van der Waals surface area (Å²) in [5.41, 5.74) is 1.03. The van der Waals surface area contributed by atoms with Gasteiger partial charge in [-0.1, -0.05) is 41.9 Å². The second kappa shape index (κ2) is 8.41. The van der Waals surface area contributed by atoms with E-state index in [1.54, 1.807) is 12.1 Å². The van der Waals surface area contributed by atoms with Gasteiger partial charge in [-0.05, 0) is 42.0 Å². The van der Waals surface area contributed by atoms with Crippen molar-refractivity contribution in [1.82, 2.24) is 4.98 Å². The van der Waals surface area contributed by atoms with E-state index >= 15 is 0 Å². The van der Waals surface area contributed by atoms with E-state index < -0.39 is 16.0 Å². The molecule has 144 valence electrons. The molecular weight excluding hydrogens is 400 g/mol. The molecule has 3 rings (SSSR count). The number of aromatic nitrogens is 1. The molecule has 0 unspecified atom stereocenters. The maximum absolute atomic E-state index is 13.4. The third-order valence-corrected chi connectivity index (χ3v) is 6.05. The summed E-state index contributed by atoms with van der Waals surface area (Å²) in [5, 5.41) is 0.216. The Morgan fingerprint density at radius 1 is 1.04 bits per heavy atom. The molecule has 0 aliphatic rings. The largest absolute Gasteiger partial charge is 0.465 e. The molecule has 0 aliphatic heterocycles. The summed E-state index contributed by atoms with van der Waals surface area (Å²) in [7, 11) is -2.73. The van der Waals surface area contributed by atoms with Gasteiger partial charge >= 0.3 is 5.97 Å². The molecule has 6 nitrogen and oxygen atoms in total. The average Bonchev–Trinajstić information content (AvgIpc) is 2.73. The zero-order valence-corrected chi connectivity index (χ0v) is 16.5. The molecule has 1 heterocycles. The van der Waals surface area contributed by atoms with Gasteiger partial charge in [0.05, 0.1) is 29.1 Å². The Morgan fingerprint density at radius 3 is 2.32 bits per heavy atom. The minimum absolute atomic E-state index is 0.0119. The fourth-order valence-corrected chi connectivity index (χ4v) is 4.29. The lowest BCUT2D eigenvalue weighted by molar-refractivity contribution is 0.0600. The molecule has 28 heavy (non-hydrogen) atoms. The molecule has 2 aromatic carbocycles. The van der Waals surface area contributed by atoms with E-state index in [4.69, 9.17) is 11.6 Å². The van der Waals surface area contributed by atoms with Crippen molar-refractivity contribution < 1.29 is 17.9 Å². The quantitative estimate of drug-likeness (QED) is 0.569. The molecule has 0 saturated carbocycles. The van der Waals surface area contributed by atoms with Gasteiger partial charge in [0.25, 0.3) is 10.0 Å². The molecule has 0 saturated heterocycles. The van der Waals surface area contributed by atoms with Gasteiger partial charge in [-0.2, -0.15) is 0 Å². The summed E-state index contributed by atoms with van der Waals surface area (Å²) in [6, 6.07) is 17.9. The smallest absolute Gasteiger partial charge is 0.337 e. The predicted octanol–water partition coefficient (Wildman–Crippen LogP) is 3.92. The molecule has 0 spiro atoms. The molecule has 0 aliphatic carbocycles. The van der Waals surface area contributed by atoms with Crippen molar-refractivity contribution in [3.05, 3.63) is 89.1 Å². The van der Waals surface area contributed by atoms with Crippen LogP contribution in [0.4, 0.5) is 5.82 Å². The summed E-state index contributed by atoms with van der Waals surface area (Å²) >= 11 is 6.23. The maximum atomic E-state index is 13.4. The molecule has 0 fully saturated rings. The first kappa shape index (κ1) is 19.9. The number of esters is 1. The van der Waals surface area contributed by atoms with Crippen molar-refractivity contribution in [3.8, 4) is 0 Å². The minimum atomic E-state index is -3.99. The number of halogens is 1. The van der Waals surface area contributed by atoms with Gasteiger partial charge in [0.2, 0.25) is 0 Å². The van der Waals surface area contributed by atoms with E-state index in [-0.39, 0.29) is 27.8 Å². The Bertz CT molecular complexity index is 1070. The van der Waals surface area contributed by atoms with Crippen LogP contribution in [0.3, 0.4) is 0 Å². The zero-order chi connectivity index (χ0) is 20.1. The number of carbonyl (C=O) groups is 1. The van der Waals surface area contributed by atoms with Crippen molar-refractivity contribution in [3.63, 3.8) is 0 Å². The van der Waals surface area contributed by atoms with E-state index in [0.717, 1.165) is 9.87 Å². The van der Waals surface area contributed by atoms with E-state index in [0.29, 0.717) is 0 Å². The van der Waals surface area contributed by atoms with Gasteiger partial charge in [0, 0.05) is 6.20 Å². The SMILES string of the molecule is COC(=O)c1ccc(S(=O)(=O)N(Cc2ccccc2)c2ncccc2Cl)cc1. The molecule has 0 N–H and O–H groups in total. The van der Waals surface area contributed by atoms with Crippen molar-refractivity contribution >= 4 is 33.4 Å². The van der Waals surface area contributed by atoms with Crippen molar-refractivity contribution in [2.75, 3.05) is 11.4 Å². The first-order valence-electron chi connectivity index (χ1n) is 8.29. The van der Waals surface area contributed by atoms with Crippen LogP contribution in [-0.2, 0) is 21.3 Å². The number of anilines is 1. The second-order valence-electron chi connectivity index (χ2n) is 5.82. The highest BCUT2D eigenvalue weighted by Gasteiger charge is 2.28. The van der Waals surface area contributed by atoms with Crippen LogP contribution in [0.5, 0.6) is 0 Å². The van der Waals surface area contributed by atoms with E-state index in [1.807, 2.05) is 30.3 Å². The molecule has 1 aromatic heterocycles. The lowest BCUT2D eigenvalue weighted by Crippen LogP contribution is -2.31. The molecule has 3 aromatic rings. The third-order valence-electron chi connectivity index (χ3n) is 4.01. The highest BCUT2D eigenvalue weighted by atomic mass is 35.5. The van der Waals surface area contributed by atoms with Crippen LogP contribution in [-0.4, -0.2) is 26.5 Å². The zero-order valence-electron chi connectivity index (χ0n) is 14.9. The lowest BCUT2D eigenvalue weighted by atomic mass is 10.2. The van der Waals surface area contributed by atoms with Crippen molar-refractivity contribution in [2.45, 2.75) is 11.4 Å². The summed E-state index contributed by atoms with van der Waals surface area (Å²) in [4.78, 5) is 15.8. The molecule has 8 heteroatoms. The number of nitrogens with zero attached hydrogens (tertiary/aromatic N) is 2. The van der Waals surface area contributed by atoms with Gasteiger partial charge < -0.3 is 4.74 Å². The van der Waals surface area contributed by atoms with Crippen LogP contribution in [0.1, 0.15) is 15.9 Å². The predicted molar refractivity (Wildman–Crippen MR) is 107 cm³/mol. The number of sulfonamides is 1. The number of hydrogen-bond donors (Lipinski definition) is 0. The highest BCUT2D eigenvalue weighted by Crippen LogP contribution is 2.30. The fraction of sp³-hybridized carbons (Fsp3) is 0.100. The third kappa shape index (κ3) is 4.16. The summed E-state index contributed by atoms with van der Waals surface area (Å²) < 4.78 is 32.5. The van der Waals surface area contributed by atoms with Crippen LogP contribution in [0.2, 0.25) is 5.02 Å². The topological polar surface area (TPSA) is 76.6 Å². The second-order valence-corrected chi connectivity index (χ2v) is 8.09. The molecule has 0 radical (unpaired) electrons. The molecule has 0 bridgehead atoms. The highest BCUT2D eigenvalue weighted by molar-refractivity contribution is 7.92. The van der Waals surface area contributed by atoms with Crippen LogP contribution < -0.4 is 4.31 Å². The van der Waals surface area contributed by atoms with Gasteiger partial charge in [-0.25, -0.2) is 22.5 Å². The summed E-state index contributed by atoms with van der Waals surface area (Å²) in [6.07, 6.45) is 1.48. The van der Waals surface area contributed by atoms with Crippen LogP contribution in [0, 0.1) is 0 Å². The first-order chi connectivity index (χ1) is 13.4. The number of methoxy groups -OCH3 is 1. The number of ether oxygens (including phenoxy) is 1. The standard InChI is InChI=1S/C20H17ClN2O4S/c1-27-20(24)16-9-11-17(12-10-16)28(25,26)23(14-15-6-3-2-4-7-15)19-18(21)8-5-13-22-19/h2-13H,14H2,1H3. The summed E-state index contributed by atoms with van der Waals surface area (Å²) in [5.74, 6) is -0.414. The van der Waals surface area contributed by atoms with E-state index in [1.165, 1.54) is 37.6 Å². The lowest BCUT2D eigenvalue weighted by Gasteiger charge is -2.24. The van der Waals surface area contributed by atoms with Crippen LogP contribution >= 0.6 is 11.6 Å². The Hall–Kier alpha value is -2.90. The van der Waals surface area contributed by atoms with Crippen LogP contribution in [0.15, 0.2) is 77.8 Å². The Labute approximate surface area is 168 Å². The van der Waals surface area contributed by atoms with E-state index in [2.05, 4.69) is 9.72 Å². The number of hydrogen-bond acceptors (Lipinski definition) is 5. The Morgan fingerprint density at radius 2 is 1.71 bits per heavy atom. The number of pyridine rings is 1. The number of carbonyl (C=O) groups excluding carboxylic acids is 1. The van der Waals surface area contributed by atoms with Gasteiger partial charge in [0.1, 0.15) is 0 Å². The summed E-state index contributed by atoms with van der Waals surface area (Å²) in [6.45, 7) is 0.0542. The monoisotopic (exact) mass is 416 g/mol. The number of rotatable bonds is 6. The van der Waals surface area contributed by atoms with Gasteiger partial charge in [0.15, 0.2) is 5.82 Å². The van der Waals surface area contributed by atoms with Crippen molar-refractivity contribution in [1.29, 1.82) is 0 Å². The Kier molecular flexibility index (Phi) is 5.96. The normalized spacial score (nSPS) is 11.1. The number of benzene rings is 2. The minimum Gasteiger partial charge on any atom is -0.465 e. The molecule has 0 amide bonds. The average molecular weight is 417 g/mol. The van der Waals surface area contributed by atoms with Crippen molar-refractivity contribution in [2.24, 2.45) is 0 Å². The maximum Gasteiger partial charge on any atom is 0.337 e. The Balaban J connectivity index is 2.05. The van der Waals surface area contributed by atoms with E-state index in [9.17, 15) is 13.2 Å².